The first-order chi connectivity index (χ1) is 43.6. The minimum absolute atomic E-state index is 0.0891. The molecule has 88 heavy (non-hydrogen) atoms. The van der Waals surface area contributed by atoms with E-state index in [0.29, 0.717) is 12.8 Å². The van der Waals surface area contributed by atoms with Gasteiger partial charge in [-0.15, -0.1) is 0 Å². The van der Waals surface area contributed by atoms with Crippen molar-refractivity contribution in [2.75, 3.05) is 13.2 Å². The number of ether oxygens (including phenoxy) is 2. The summed E-state index contributed by atoms with van der Waals surface area (Å²) >= 11 is 0. The molecule has 1 N–H and O–H groups in total. The van der Waals surface area contributed by atoms with Gasteiger partial charge in [0.05, 0.1) is 6.61 Å². The first-order valence-electron chi connectivity index (χ1n) is 37.4. The lowest BCUT2D eigenvalue weighted by molar-refractivity contribution is -0.161. The predicted molar refractivity (Wildman–Crippen MR) is 389 cm³/mol. The lowest BCUT2D eigenvalue weighted by Crippen LogP contribution is -2.28. The first kappa shape index (κ1) is 83.8. The van der Waals surface area contributed by atoms with Gasteiger partial charge in [0.15, 0.2) is 6.10 Å². The van der Waals surface area contributed by atoms with Crippen LogP contribution in [0.25, 0.3) is 0 Å². The molecule has 0 aliphatic carbocycles. The number of esters is 2. The third kappa shape index (κ3) is 74.2. The van der Waals surface area contributed by atoms with Gasteiger partial charge in [0.2, 0.25) is 0 Å². The van der Waals surface area contributed by atoms with Crippen LogP contribution in [0, 0.1) is 0 Å². The Bertz CT molecular complexity index is 1810. The van der Waals surface area contributed by atoms with Crippen molar-refractivity contribution in [1.82, 2.24) is 0 Å². The van der Waals surface area contributed by atoms with E-state index in [0.717, 1.165) is 109 Å². The normalized spacial score (nSPS) is 13.1. The van der Waals surface area contributed by atoms with Crippen LogP contribution in [-0.4, -0.2) is 36.4 Å². The molecule has 0 aromatic rings. The number of hydrogen-bond donors (Lipinski definition) is 1. The van der Waals surface area contributed by atoms with Gasteiger partial charge in [-0.3, -0.25) is 9.59 Å². The van der Waals surface area contributed by atoms with Gasteiger partial charge in [-0.1, -0.05) is 359 Å². The van der Waals surface area contributed by atoms with Gasteiger partial charge in [0.25, 0.3) is 0 Å². The molecule has 0 fully saturated rings. The summed E-state index contributed by atoms with van der Waals surface area (Å²) < 4.78 is 10.7. The Morgan fingerprint density at radius 1 is 0.273 bits per heavy atom. The molecular weight excluding hydrogens is 1080 g/mol. The third-order valence-corrected chi connectivity index (χ3v) is 16.1. The number of aliphatic hydroxyl groups excluding tert-OH is 1. The molecule has 5 heteroatoms. The van der Waals surface area contributed by atoms with Crippen molar-refractivity contribution in [3.8, 4) is 0 Å². The Morgan fingerprint density at radius 2 is 0.489 bits per heavy atom. The smallest absolute Gasteiger partial charge is 0.306 e. The largest absolute Gasteiger partial charge is 0.462 e. The maximum Gasteiger partial charge on any atom is 0.306 e. The molecule has 0 saturated heterocycles. The van der Waals surface area contributed by atoms with Crippen molar-refractivity contribution in [1.29, 1.82) is 0 Å². The zero-order chi connectivity index (χ0) is 63.3. The summed E-state index contributed by atoms with van der Waals surface area (Å²) in [6, 6.07) is 0. The minimum atomic E-state index is -0.806. The second-order valence-corrected chi connectivity index (χ2v) is 24.6. The van der Waals surface area contributed by atoms with Gasteiger partial charge < -0.3 is 14.6 Å². The molecule has 5 nitrogen and oxygen atoms in total. The highest BCUT2D eigenvalue weighted by atomic mass is 16.6. The van der Waals surface area contributed by atoms with Gasteiger partial charge in [-0.25, -0.2) is 0 Å². The number of aliphatic hydroxyl groups is 1. The number of hydrogen-bond acceptors (Lipinski definition) is 5. The molecule has 0 aliphatic heterocycles. The summed E-state index contributed by atoms with van der Waals surface area (Å²) in [5.41, 5.74) is 0. The molecular formula is C83H140O5. The Hall–Kier alpha value is -4.22. The Balaban J connectivity index is 3.51. The Labute approximate surface area is 546 Å². The van der Waals surface area contributed by atoms with E-state index in [1.807, 2.05) is 0 Å². The van der Waals surface area contributed by atoms with Gasteiger partial charge in [-0.05, 0) is 122 Å². The van der Waals surface area contributed by atoms with Crippen molar-refractivity contribution >= 4 is 11.9 Å². The highest BCUT2D eigenvalue weighted by Gasteiger charge is 2.16. The summed E-state index contributed by atoms with van der Waals surface area (Å²) in [6.07, 6.45) is 116. The van der Waals surface area contributed by atoms with Gasteiger partial charge >= 0.3 is 11.9 Å². The highest BCUT2D eigenvalue weighted by molar-refractivity contribution is 5.70. The van der Waals surface area contributed by atoms with Crippen LogP contribution in [0.15, 0.2) is 146 Å². The maximum absolute atomic E-state index is 12.4. The van der Waals surface area contributed by atoms with E-state index in [9.17, 15) is 14.7 Å². The molecule has 0 radical (unpaired) electrons. The van der Waals surface area contributed by atoms with Crippen molar-refractivity contribution in [3.05, 3.63) is 146 Å². The van der Waals surface area contributed by atoms with Crippen LogP contribution < -0.4 is 0 Å². The van der Waals surface area contributed by atoms with Crippen LogP contribution in [0.5, 0.6) is 0 Å². The summed E-state index contributed by atoms with van der Waals surface area (Å²) in [4.78, 5) is 24.7. The summed E-state index contributed by atoms with van der Waals surface area (Å²) in [5.74, 6) is -0.639. The quantitative estimate of drug-likeness (QED) is 0.0373. The molecule has 0 aromatic heterocycles. The van der Waals surface area contributed by atoms with Crippen LogP contribution in [-0.2, 0) is 19.1 Å². The number of unbranched alkanes of at least 4 members (excludes halogenated alkanes) is 36. The monoisotopic (exact) mass is 1220 g/mol. The van der Waals surface area contributed by atoms with Crippen molar-refractivity contribution in [3.63, 3.8) is 0 Å². The first-order valence-corrected chi connectivity index (χ1v) is 37.4. The Kier molecular flexibility index (Phi) is 73.3. The highest BCUT2D eigenvalue weighted by Crippen LogP contribution is 2.18. The lowest BCUT2D eigenvalue weighted by Gasteiger charge is -2.15. The van der Waals surface area contributed by atoms with Crippen molar-refractivity contribution in [2.24, 2.45) is 0 Å². The van der Waals surface area contributed by atoms with Crippen LogP contribution in [0.3, 0.4) is 0 Å². The minimum Gasteiger partial charge on any atom is -0.462 e. The van der Waals surface area contributed by atoms with E-state index in [1.54, 1.807) is 0 Å². The van der Waals surface area contributed by atoms with Crippen LogP contribution in [0.1, 0.15) is 348 Å². The van der Waals surface area contributed by atoms with Crippen LogP contribution >= 0.6 is 0 Å². The SMILES string of the molecule is CC/C=C\C/C=C\C/C=C\C/C=C\C/C=C\C/C=C\C/C=C\C/C=C\C/C=C\C/C=C\CCCCC(=O)OC(CO)COC(=O)CCCCCCCCCCCCCCCCCCCCCCCCCCCCCCC/C=C\C/C=C\CCCCCCC. The molecule has 1 atom stereocenters. The number of rotatable bonds is 68. The fraction of sp³-hybridized carbons (Fsp3) is 0.687. The molecule has 0 amide bonds. The molecule has 502 valence electrons. The second-order valence-electron chi connectivity index (χ2n) is 24.6. The summed E-state index contributed by atoms with van der Waals surface area (Å²) in [6.45, 7) is 4.00. The molecule has 0 bridgehead atoms. The lowest BCUT2D eigenvalue weighted by atomic mass is 10.0. The number of carbonyl (C=O) groups is 2. The summed E-state index contributed by atoms with van der Waals surface area (Å²) in [5, 5.41) is 9.70. The molecule has 0 rings (SSSR count). The molecule has 0 saturated carbocycles. The molecule has 0 aromatic carbocycles. The Morgan fingerprint density at radius 3 is 0.761 bits per heavy atom. The number of carbonyl (C=O) groups excluding carboxylic acids is 2. The van der Waals surface area contributed by atoms with E-state index in [-0.39, 0.29) is 25.2 Å². The topological polar surface area (TPSA) is 72.8 Å². The predicted octanol–water partition coefficient (Wildman–Crippen LogP) is 26.4. The third-order valence-electron chi connectivity index (χ3n) is 16.1. The summed E-state index contributed by atoms with van der Waals surface area (Å²) in [7, 11) is 0. The van der Waals surface area contributed by atoms with Crippen LogP contribution in [0.2, 0.25) is 0 Å². The van der Waals surface area contributed by atoms with E-state index in [2.05, 4.69) is 160 Å². The second kappa shape index (κ2) is 77.0. The average Bonchev–Trinajstić information content (AvgIpc) is 3.56. The van der Waals surface area contributed by atoms with Gasteiger partial charge in [0, 0.05) is 12.8 Å². The van der Waals surface area contributed by atoms with E-state index in [1.165, 1.54) is 212 Å². The van der Waals surface area contributed by atoms with E-state index < -0.39 is 6.10 Å². The van der Waals surface area contributed by atoms with Gasteiger partial charge in [-0.2, -0.15) is 0 Å². The standard InChI is InChI=1S/C83H140O5/c1-3-5-7-9-11-13-15-17-19-21-23-25-27-29-31-33-35-37-38-39-40-41-42-43-44-46-47-49-51-53-55-57-59-61-63-65-67-69-71-73-75-77-82(85)87-80-81(79-84)88-83(86)78-76-74-72-70-68-66-64-62-60-58-56-54-52-50-48-45-36-34-32-30-28-26-24-22-20-18-16-14-12-10-8-6-4-2/h6,8,12,14-15,17-18,20-21,23-24,26,30,32,36,45,50,52,56,58,62,64,68,70,81,84H,3-5,7,9-11,13,16,19,22,25,27-29,31,33-35,37-44,46-49,51,53-55,57,59-61,63,65-67,69,71-80H2,1-2H3/b8-6-,14-12-,17-15-,20-18-,23-21-,26-24-,32-30-,45-36-,52-50-,58-56-,64-62-,70-68-. The molecule has 0 spiro atoms. The maximum atomic E-state index is 12.4. The molecule has 0 aliphatic rings. The van der Waals surface area contributed by atoms with E-state index >= 15 is 0 Å². The van der Waals surface area contributed by atoms with Gasteiger partial charge in [0.1, 0.15) is 6.61 Å². The van der Waals surface area contributed by atoms with Crippen molar-refractivity contribution < 1.29 is 24.2 Å². The van der Waals surface area contributed by atoms with E-state index in [4.69, 9.17) is 9.47 Å². The zero-order valence-corrected chi connectivity index (χ0v) is 57.7. The molecule has 1 unspecified atom stereocenters. The fourth-order valence-electron chi connectivity index (χ4n) is 10.6. The van der Waals surface area contributed by atoms with Crippen molar-refractivity contribution in [2.45, 2.75) is 354 Å². The zero-order valence-electron chi connectivity index (χ0n) is 57.7. The average molecular weight is 1220 g/mol. The van der Waals surface area contributed by atoms with Crippen LogP contribution in [0.4, 0.5) is 0 Å². The fourth-order valence-corrected chi connectivity index (χ4v) is 10.6. The number of allylic oxidation sites excluding steroid dienone is 24. The molecule has 0 heterocycles.